The van der Waals surface area contributed by atoms with Gasteiger partial charge in [0.05, 0.1) is 19.1 Å². The maximum Gasteiger partial charge on any atom is 0.308 e. The van der Waals surface area contributed by atoms with Crippen LogP contribution in [0.25, 0.3) is 0 Å². The molecule has 0 spiro atoms. The minimum absolute atomic E-state index is 0.0675. The minimum atomic E-state index is -0.864. The fraction of sp³-hybridized carbons (Fsp3) is 0.692. The van der Waals surface area contributed by atoms with Crippen LogP contribution in [0.15, 0.2) is 18.2 Å². The molecular formula is C26H40N2O6. The van der Waals surface area contributed by atoms with Crippen LogP contribution in [0, 0.1) is 5.92 Å². The quantitative estimate of drug-likeness (QED) is 0.409. The van der Waals surface area contributed by atoms with Crippen LogP contribution in [-0.4, -0.2) is 79.0 Å². The number of unbranched alkanes of at least 4 members (excludes halogenated alkanes) is 2. The Morgan fingerprint density at radius 2 is 1.79 bits per heavy atom. The monoisotopic (exact) mass is 476 g/mol. The first-order valence-electron chi connectivity index (χ1n) is 12.7. The Bertz CT molecular complexity index is 808. The Balaban J connectivity index is 1.82. The lowest BCUT2D eigenvalue weighted by atomic mass is 9.85. The van der Waals surface area contributed by atoms with Crippen molar-refractivity contribution in [2.24, 2.45) is 5.92 Å². The van der Waals surface area contributed by atoms with Crippen LogP contribution in [0.1, 0.15) is 64.4 Å². The first-order chi connectivity index (χ1) is 16.5. The van der Waals surface area contributed by atoms with Crippen LogP contribution in [-0.2, 0) is 14.3 Å². The van der Waals surface area contributed by atoms with Crippen LogP contribution >= 0.6 is 0 Å². The van der Waals surface area contributed by atoms with Crippen LogP contribution in [0.3, 0.4) is 0 Å². The summed E-state index contributed by atoms with van der Waals surface area (Å²) in [5.41, 5.74) is 0.890. The molecule has 0 bridgehead atoms. The summed E-state index contributed by atoms with van der Waals surface area (Å²) in [5, 5.41) is 10.2. The summed E-state index contributed by atoms with van der Waals surface area (Å²) in [6.45, 7) is 9.49. The average molecular weight is 477 g/mol. The number of carboxylic acids is 1. The molecule has 2 aliphatic rings. The van der Waals surface area contributed by atoms with Crippen molar-refractivity contribution >= 4 is 11.9 Å². The molecule has 34 heavy (non-hydrogen) atoms. The van der Waals surface area contributed by atoms with Crippen LogP contribution in [0.5, 0.6) is 11.5 Å². The molecule has 190 valence electrons. The maximum atomic E-state index is 13.3. The summed E-state index contributed by atoms with van der Waals surface area (Å²) in [7, 11) is 0. The van der Waals surface area contributed by atoms with Gasteiger partial charge in [0.1, 0.15) is 0 Å². The fourth-order valence-corrected chi connectivity index (χ4v) is 4.86. The number of ether oxygens (including phenoxy) is 3. The molecule has 1 amide bonds. The molecule has 1 aromatic rings. The van der Waals surface area contributed by atoms with Gasteiger partial charge in [0, 0.05) is 38.2 Å². The van der Waals surface area contributed by atoms with Gasteiger partial charge in [-0.25, -0.2) is 0 Å². The van der Waals surface area contributed by atoms with Crippen molar-refractivity contribution in [3.8, 4) is 11.5 Å². The fourth-order valence-electron chi connectivity index (χ4n) is 4.86. The SMILES string of the molecule is CCCCN(CCCC)C(=O)CN1C[C@H](c2ccc3c(c2)OCO3)[C@H](C(=O)O)[C@H]1COCCC. The summed E-state index contributed by atoms with van der Waals surface area (Å²) in [6.07, 6.45) is 4.85. The Morgan fingerprint density at radius 1 is 1.09 bits per heavy atom. The number of fused-ring (bicyclic) bond motifs is 1. The number of aliphatic carboxylic acids is 1. The Kier molecular flexibility index (Phi) is 10.0. The van der Waals surface area contributed by atoms with E-state index in [1.165, 1.54) is 0 Å². The highest BCUT2D eigenvalue weighted by Crippen LogP contribution is 2.42. The third kappa shape index (κ3) is 6.42. The smallest absolute Gasteiger partial charge is 0.308 e. The molecule has 0 aromatic heterocycles. The first kappa shape index (κ1) is 26.3. The van der Waals surface area contributed by atoms with Crippen LogP contribution < -0.4 is 9.47 Å². The van der Waals surface area contributed by atoms with Crippen molar-refractivity contribution in [3.05, 3.63) is 23.8 Å². The molecule has 8 heteroatoms. The number of carboxylic acid groups (broad SMARTS) is 1. The lowest BCUT2D eigenvalue weighted by Gasteiger charge is -2.29. The van der Waals surface area contributed by atoms with E-state index >= 15 is 0 Å². The van der Waals surface area contributed by atoms with E-state index in [0.717, 1.165) is 50.8 Å². The number of carbonyl (C=O) groups is 2. The van der Waals surface area contributed by atoms with Gasteiger partial charge >= 0.3 is 5.97 Å². The topological polar surface area (TPSA) is 88.5 Å². The van der Waals surface area contributed by atoms with E-state index < -0.39 is 11.9 Å². The largest absolute Gasteiger partial charge is 0.481 e. The van der Waals surface area contributed by atoms with E-state index in [0.29, 0.717) is 31.3 Å². The zero-order valence-electron chi connectivity index (χ0n) is 20.8. The lowest BCUT2D eigenvalue weighted by Crippen LogP contribution is -2.46. The average Bonchev–Trinajstić information content (AvgIpc) is 3.43. The number of rotatable bonds is 14. The zero-order valence-corrected chi connectivity index (χ0v) is 20.8. The summed E-state index contributed by atoms with van der Waals surface area (Å²) in [5.74, 6) is -0.430. The highest BCUT2D eigenvalue weighted by atomic mass is 16.7. The highest BCUT2D eigenvalue weighted by Gasteiger charge is 2.47. The predicted molar refractivity (Wildman–Crippen MR) is 129 cm³/mol. The van der Waals surface area contributed by atoms with E-state index in [1.807, 2.05) is 34.9 Å². The van der Waals surface area contributed by atoms with Gasteiger partial charge in [-0.05, 0) is 37.0 Å². The molecular weight excluding hydrogens is 436 g/mol. The van der Waals surface area contributed by atoms with Gasteiger partial charge in [0.2, 0.25) is 12.7 Å². The highest BCUT2D eigenvalue weighted by molar-refractivity contribution is 5.79. The van der Waals surface area contributed by atoms with Gasteiger partial charge in [-0.15, -0.1) is 0 Å². The van der Waals surface area contributed by atoms with Gasteiger partial charge in [-0.1, -0.05) is 39.7 Å². The van der Waals surface area contributed by atoms with E-state index in [4.69, 9.17) is 14.2 Å². The van der Waals surface area contributed by atoms with Crippen LogP contribution in [0.2, 0.25) is 0 Å². The van der Waals surface area contributed by atoms with E-state index in [9.17, 15) is 14.7 Å². The number of amides is 1. The number of benzene rings is 1. The molecule has 1 aromatic carbocycles. The molecule has 2 aliphatic heterocycles. The molecule has 0 unspecified atom stereocenters. The molecule has 0 radical (unpaired) electrons. The third-order valence-corrected chi connectivity index (χ3v) is 6.75. The van der Waals surface area contributed by atoms with Gasteiger partial charge in [-0.2, -0.15) is 0 Å². The molecule has 0 aliphatic carbocycles. The molecule has 1 N–H and O–H groups in total. The molecule has 3 atom stereocenters. The maximum absolute atomic E-state index is 13.3. The number of likely N-dealkylation sites (tertiary alicyclic amines) is 1. The van der Waals surface area contributed by atoms with E-state index in [1.54, 1.807) is 0 Å². The van der Waals surface area contributed by atoms with E-state index in [2.05, 4.69) is 13.8 Å². The normalized spacial score (nSPS) is 21.7. The number of hydrogen-bond donors (Lipinski definition) is 1. The van der Waals surface area contributed by atoms with Crippen molar-refractivity contribution in [2.75, 3.05) is 46.2 Å². The molecule has 1 fully saturated rings. The van der Waals surface area contributed by atoms with Gasteiger partial charge in [0.25, 0.3) is 0 Å². The van der Waals surface area contributed by atoms with Gasteiger partial charge in [-0.3, -0.25) is 14.5 Å². The molecule has 3 rings (SSSR count). The Hall–Kier alpha value is -2.32. The minimum Gasteiger partial charge on any atom is -0.481 e. The molecule has 2 heterocycles. The summed E-state index contributed by atoms with van der Waals surface area (Å²) in [4.78, 5) is 29.8. The van der Waals surface area contributed by atoms with Gasteiger partial charge < -0.3 is 24.2 Å². The van der Waals surface area contributed by atoms with Crippen molar-refractivity contribution in [1.82, 2.24) is 9.80 Å². The second kappa shape index (κ2) is 13.0. The van der Waals surface area contributed by atoms with Crippen molar-refractivity contribution in [2.45, 2.75) is 64.8 Å². The second-order valence-electron chi connectivity index (χ2n) is 9.24. The lowest BCUT2D eigenvalue weighted by molar-refractivity contribution is -0.144. The zero-order chi connectivity index (χ0) is 24.5. The number of carbonyl (C=O) groups excluding carboxylic acids is 1. The number of nitrogens with zero attached hydrogens (tertiary/aromatic N) is 2. The van der Waals surface area contributed by atoms with Crippen molar-refractivity contribution in [3.63, 3.8) is 0 Å². The van der Waals surface area contributed by atoms with Crippen LogP contribution in [0.4, 0.5) is 0 Å². The second-order valence-corrected chi connectivity index (χ2v) is 9.24. The summed E-state index contributed by atoms with van der Waals surface area (Å²) in [6, 6.07) is 5.26. The number of hydrogen-bond acceptors (Lipinski definition) is 6. The standard InChI is InChI=1S/C26H40N2O6/c1-4-7-11-27(12-8-5-2)24(29)16-28-15-20(19-9-10-22-23(14-19)34-18-33-22)25(26(30)31)21(28)17-32-13-6-3/h9-10,14,20-21,25H,4-8,11-13,15-18H2,1-3H3,(H,30,31)/t20-,21-,25+/m1/s1. The summed E-state index contributed by atoms with van der Waals surface area (Å²) >= 11 is 0. The molecule has 1 saturated heterocycles. The van der Waals surface area contributed by atoms with Crippen molar-refractivity contribution < 1.29 is 28.9 Å². The predicted octanol–water partition coefficient (Wildman–Crippen LogP) is 3.74. The van der Waals surface area contributed by atoms with E-state index in [-0.39, 0.29) is 31.2 Å². The molecule has 0 saturated carbocycles. The third-order valence-electron chi connectivity index (χ3n) is 6.75. The van der Waals surface area contributed by atoms with Gasteiger partial charge in [0.15, 0.2) is 11.5 Å². The Morgan fingerprint density at radius 3 is 2.44 bits per heavy atom. The summed E-state index contributed by atoms with van der Waals surface area (Å²) < 4.78 is 16.8. The Labute approximate surface area is 203 Å². The van der Waals surface area contributed by atoms with Crippen molar-refractivity contribution in [1.29, 1.82) is 0 Å². The molecule has 8 nitrogen and oxygen atoms in total. The first-order valence-corrected chi connectivity index (χ1v) is 12.7.